The maximum atomic E-state index is 5.91. The van der Waals surface area contributed by atoms with E-state index in [1.165, 1.54) is 18.1 Å². The van der Waals surface area contributed by atoms with Gasteiger partial charge in [-0.1, -0.05) is 11.6 Å². The molecule has 2 rings (SSSR count). The van der Waals surface area contributed by atoms with Crippen LogP contribution in [-0.2, 0) is 13.6 Å². The smallest absolute Gasteiger partial charge is 0.190 e. The minimum Gasteiger partial charge on any atom is -0.326 e. The second-order valence-corrected chi connectivity index (χ2v) is 4.67. The molecule has 1 aromatic carbocycles. The Balaban J connectivity index is 2.31. The number of nitrogens with two attached hydrogens (primary N) is 1. The Morgan fingerprint density at radius 1 is 1.50 bits per heavy atom. The summed E-state index contributed by atoms with van der Waals surface area (Å²) in [5.41, 5.74) is 6.69. The number of aromatic nitrogens is 3. The Morgan fingerprint density at radius 3 is 2.94 bits per heavy atom. The minimum atomic E-state index is 0.459. The van der Waals surface area contributed by atoms with E-state index in [9.17, 15) is 0 Å². The van der Waals surface area contributed by atoms with Gasteiger partial charge in [0.2, 0.25) is 0 Å². The second-order valence-electron chi connectivity index (χ2n) is 3.22. The lowest BCUT2D eigenvalue weighted by atomic mass is 10.2. The third-order valence-corrected chi connectivity index (χ3v) is 3.52. The molecule has 0 aliphatic rings. The summed E-state index contributed by atoms with van der Waals surface area (Å²) in [7, 11) is 1.85. The Bertz CT molecular complexity index is 497. The van der Waals surface area contributed by atoms with Crippen LogP contribution in [0.5, 0.6) is 0 Å². The van der Waals surface area contributed by atoms with Gasteiger partial charge >= 0.3 is 0 Å². The first-order chi connectivity index (χ1) is 7.70. The zero-order chi connectivity index (χ0) is 11.5. The Kier molecular flexibility index (Phi) is 3.48. The van der Waals surface area contributed by atoms with Crippen LogP contribution in [0.1, 0.15) is 5.56 Å². The quantitative estimate of drug-likeness (QED) is 0.911. The Labute approximate surface area is 103 Å². The van der Waals surface area contributed by atoms with E-state index in [4.69, 9.17) is 17.3 Å². The lowest BCUT2D eigenvalue weighted by molar-refractivity contribution is 0.685. The third kappa shape index (κ3) is 2.37. The number of hydrogen-bond donors (Lipinski definition) is 1. The van der Waals surface area contributed by atoms with Crippen LogP contribution in [0.25, 0.3) is 0 Å². The summed E-state index contributed by atoms with van der Waals surface area (Å²) in [4.78, 5) is 5.21. The highest BCUT2D eigenvalue weighted by molar-refractivity contribution is 7.99. The summed E-state index contributed by atoms with van der Waals surface area (Å²) in [6.07, 6.45) is 1.53. The van der Waals surface area contributed by atoms with E-state index in [0.717, 1.165) is 15.6 Å². The molecule has 0 atom stereocenters. The molecule has 0 radical (unpaired) electrons. The molecule has 1 aromatic heterocycles. The normalized spacial score (nSPS) is 10.7. The molecule has 0 amide bonds. The molecule has 0 spiro atoms. The molecular formula is C10H11ClN4S. The number of benzene rings is 1. The van der Waals surface area contributed by atoms with Crippen molar-refractivity contribution < 1.29 is 0 Å². The maximum absolute atomic E-state index is 5.91. The Morgan fingerprint density at radius 2 is 2.31 bits per heavy atom. The molecule has 16 heavy (non-hydrogen) atoms. The average molecular weight is 255 g/mol. The number of nitrogens with zero attached hydrogens (tertiary/aromatic N) is 3. The molecule has 0 unspecified atom stereocenters. The van der Waals surface area contributed by atoms with E-state index < -0.39 is 0 Å². The summed E-state index contributed by atoms with van der Waals surface area (Å²) in [6, 6.07) is 5.67. The van der Waals surface area contributed by atoms with Crippen LogP contribution >= 0.6 is 23.4 Å². The molecule has 0 saturated heterocycles. The lowest BCUT2D eigenvalue weighted by Crippen LogP contribution is -1.99. The lowest BCUT2D eigenvalue weighted by Gasteiger charge is -2.06. The summed E-state index contributed by atoms with van der Waals surface area (Å²) in [5, 5.41) is 5.54. The van der Waals surface area contributed by atoms with E-state index in [1.54, 1.807) is 4.68 Å². The predicted molar refractivity (Wildman–Crippen MR) is 64.5 cm³/mol. The average Bonchev–Trinajstić information content (AvgIpc) is 2.67. The zero-order valence-corrected chi connectivity index (χ0v) is 10.3. The monoisotopic (exact) mass is 254 g/mol. The highest BCUT2D eigenvalue weighted by atomic mass is 35.5. The molecule has 1 heterocycles. The van der Waals surface area contributed by atoms with Crippen molar-refractivity contribution in [3.05, 3.63) is 35.1 Å². The molecule has 84 valence electrons. The van der Waals surface area contributed by atoms with E-state index in [-0.39, 0.29) is 0 Å². The first kappa shape index (κ1) is 11.4. The van der Waals surface area contributed by atoms with Crippen molar-refractivity contribution in [1.29, 1.82) is 0 Å². The van der Waals surface area contributed by atoms with Gasteiger partial charge in [0.05, 0.1) is 0 Å². The van der Waals surface area contributed by atoms with Crippen LogP contribution in [0.2, 0.25) is 5.02 Å². The van der Waals surface area contributed by atoms with Gasteiger partial charge in [0.1, 0.15) is 6.33 Å². The fourth-order valence-electron chi connectivity index (χ4n) is 1.28. The van der Waals surface area contributed by atoms with E-state index in [2.05, 4.69) is 10.1 Å². The fourth-order valence-corrected chi connectivity index (χ4v) is 2.36. The van der Waals surface area contributed by atoms with Gasteiger partial charge in [-0.05, 0) is 35.5 Å². The van der Waals surface area contributed by atoms with Crippen molar-refractivity contribution >= 4 is 23.4 Å². The van der Waals surface area contributed by atoms with Gasteiger partial charge in [-0.2, -0.15) is 5.10 Å². The van der Waals surface area contributed by atoms with Crippen molar-refractivity contribution in [2.24, 2.45) is 12.8 Å². The van der Waals surface area contributed by atoms with Crippen LogP contribution in [0.4, 0.5) is 0 Å². The van der Waals surface area contributed by atoms with Crippen LogP contribution in [0.15, 0.2) is 34.6 Å². The summed E-state index contributed by atoms with van der Waals surface area (Å²) in [5.74, 6) is 0. The number of aryl methyl sites for hydroxylation is 1. The molecule has 0 aliphatic heterocycles. The van der Waals surface area contributed by atoms with Crippen molar-refractivity contribution in [2.45, 2.75) is 16.6 Å². The maximum Gasteiger partial charge on any atom is 0.190 e. The van der Waals surface area contributed by atoms with Crippen LogP contribution in [0.3, 0.4) is 0 Å². The fraction of sp³-hybridized carbons (Fsp3) is 0.200. The minimum absolute atomic E-state index is 0.459. The van der Waals surface area contributed by atoms with Gasteiger partial charge in [0.25, 0.3) is 0 Å². The molecule has 4 nitrogen and oxygen atoms in total. The number of halogens is 1. The standard InChI is InChI=1S/C10H11ClN4S/c1-15-10(13-6-14-15)16-9-3-2-8(11)4-7(9)5-12/h2-4,6H,5,12H2,1H3. The number of rotatable bonds is 3. The van der Waals surface area contributed by atoms with Crippen molar-refractivity contribution in [2.75, 3.05) is 0 Å². The molecule has 0 aliphatic carbocycles. The van der Waals surface area contributed by atoms with Gasteiger partial charge in [-0.25, -0.2) is 9.67 Å². The highest BCUT2D eigenvalue weighted by Gasteiger charge is 2.07. The van der Waals surface area contributed by atoms with Crippen LogP contribution in [0, 0.1) is 0 Å². The van der Waals surface area contributed by atoms with Crippen molar-refractivity contribution in [3.8, 4) is 0 Å². The predicted octanol–water partition coefficient (Wildman–Crippen LogP) is 2.08. The van der Waals surface area contributed by atoms with Gasteiger partial charge in [-0.3, -0.25) is 0 Å². The molecule has 6 heteroatoms. The largest absolute Gasteiger partial charge is 0.326 e. The van der Waals surface area contributed by atoms with Gasteiger partial charge in [0, 0.05) is 23.5 Å². The first-order valence-electron chi connectivity index (χ1n) is 4.71. The SMILES string of the molecule is Cn1ncnc1Sc1ccc(Cl)cc1CN. The van der Waals surface area contributed by atoms with Gasteiger partial charge < -0.3 is 5.73 Å². The highest BCUT2D eigenvalue weighted by Crippen LogP contribution is 2.30. The summed E-state index contributed by atoms with van der Waals surface area (Å²) < 4.78 is 1.72. The topological polar surface area (TPSA) is 56.7 Å². The van der Waals surface area contributed by atoms with Crippen LogP contribution in [-0.4, -0.2) is 14.8 Å². The summed E-state index contributed by atoms with van der Waals surface area (Å²) >= 11 is 7.44. The molecular weight excluding hydrogens is 244 g/mol. The van der Waals surface area contributed by atoms with Gasteiger partial charge in [0.15, 0.2) is 5.16 Å². The summed E-state index contributed by atoms with van der Waals surface area (Å²) in [6.45, 7) is 0.459. The van der Waals surface area contributed by atoms with E-state index >= 15 is 0 Å². The molecule has 2 aromatic rings. The second kappa shape index (κ2) is 4.86. The Hall–Kier alpha value is -1.04. The zero-order valence-electron chi connectivity index (χ0n) is 8.72. The molecule has 0 saturated carbocycles. The van der Waals surface area contributed by atoms with E-state index in [0.29, 0.717) is 11.6 Å². The third-order valence-electron chi connectivity index (χ3n) is 2.11. The van der Waals surface area contributed by atoms with Crippen LogP contribution < -0.4 is 5.73 Å². The first-order valence-corrected chi connectivity index (χ1v) is 5.90. The molecule has 0 fully saturated rings. The molecule has 2 N–H and O–H groups in total. The number of hydrogen-bond acceptors (Lipinski definition) is 4. The van der Waals surface area contributed by atoms with Gasteiger partial charge in [-0.15, -0.1) is 0 Å². The van der Waals surface area contributed by atoms with Crippen molar-refractivity contribution in [3.63, 3.8) is 0 Å². The molecule has 0 bridgehead atoms. The van der Waals surface area contributed by atoms with Crippen molar-refractivity contribution in [1.82, 2.24) is 14.8 Å². The van der Waals surface area contributed by atoms with E-state index in [1.807, 2.05) is 25.2 Å².